The molecule has 4 aromatic heterocycles. The Labute approximate surface area is 193 Å². The zero-order valence-corrected chi connectivity index (χ0v) is 19.5. The predicted molar refractivity (Wildman–Crippen MR) is 135 cm³/mol. The van der Waals surface area contributed by atoms with E-state index in [2.05, 4.69) is 77.6 Å². The number of hydrogen-bond acceptors (Lipinski definition) is 1. The molecule has 0 aliphatic heterocycles. The van der Waals surface area contributed by atoms with Gasteiger partial charge in [-0.25, -0.2) is 4.57 Å². The van der Waals surface area contributed by atoms with Crippen molar-refractivity contribution in [3.05, 3.63) is 65.6 Å². The Balaban J connectivity index is 1.65. The third kappa shape index (κ3) is 2.16. The van der Waals surface area contributed by atoms with Gasteiger partial charge in [0.25, 0.3) is 0 Å². The van der Waals surface area contributed by atoms with E-state index in [9.17, 15) is 0 Å². The molecule has 3 heteroatoms. The minimum Gasteiger partial charge on any atom is -0.307 e. The molecule has 0 spiro atoms. The second-order valence-corrected chi connectivity index (χ2v) is 10.9. The second kappa shape index (κ2) is 6.02. The number of fused-ring (bicyclic) bond motifs is 7. The van der Waals surface area contributed by atoms with Gasteiger partial charge in [-0.3, -0.25) is 4.98 Å². The monoisotopic (exact) mass is 430 g/mol. The summed E-state index contributed by atoms with van der Waals surface area (Å²) in [5, 5.41) is 6.74. The van der Waals surface area contributed by atoms with Crippen LogP contribution >= 0.6 is 0 Å². The maximum absolute atomic E-state index is 4.52. The van der Waals surface area contributed by atoms with E-state index in [1.807, 2.05) is 6.20 Å². The quantitative estimate of drug-likeness (QED) is 0.161. The highest BCUT2D eigenvalue weighted by atomic mass is 15.0. The maximum atomic E-state index is 4.52. The first-order valence-corrected chi connectivity index (χ1v) is 12.5. The third-order valence-electron chi connectivity index (χ3n) is 9.25. The Kier molecular flexibility index (Phi) is 3.33. The van der Waals surface area contributed by atoms with E-state index in [4.69, 9.17) is 0 Å². The van der Waals surface area contributed by atoms with E-state index < -0.39 is 0 Å². The van der Waals surface area contributed by atoms with Crippen molar-refractivity contribution in [1.29, 1.82) is 0 Å². The van der Waals surface area contributed by atoms with Gasteiger partial charge in [-0.15, -0.1) is 0 Å². The molecule has 2 aromatic carbocycles. The molecule has 2 saturated carbocycles. The molecule has 3 atom stereocenters. The SMILES string of the molecule is Cc1cc2c3cnccc3n3c4cc(C5CC6CCC5C6)cc5cc[n+](C)c(c(c1C)c23)c54. The van der Waals surface area contributed by atoms with E-state index in [0.717, 1.165) is 17.8 Å². The van der Waals surface area contributed by atoms with Crippen LogP contribution in [0, 0.1) is 25.7 Å². The van der Waals surface area contributed by atoms with Crippen LogP contribution in [0.3, 0.4) is 0 Å². The fourth-order valence-corrected chi connectivity index (χ4v) is 7.64. The van der Waals surface area contributed by atoms with Crippen LogP contribution in [0.1, 0.15) is 48.3 Å². The molecule has 4 heterocycles. The molecule has 0 saturated heterocycles. The van der Waals surface area contributed by atoms with Crippen molar-refractivity contribution in [3.63, 3.8) is 0 Å². The average Bonchev–Trinajstić information content (AvgIpc) is 3.54. The molecule has 3 unspecified atom stereocenters. The smallest absolute Gasteiger partial charge is 0.224 e. The van der Waals surface area contributed by atoms with Crippen LogP contribution in [0.4, 0.5) is 0 Å². The van der Waals surface area contributed by atoms with Gasteiger partial charge < -0.3 is 4.40 Å². The van der Waals surface area contributed by atoms with Gasteiger partial charge in [0.05, 0.1) is 27.3 Å². The Bertz CT molecular complexity index is 1770. The lowest BCUT2D eigenvalue weighted by Crippen LogP contribution is -2.29. The van der Waals surface area contributed by atoms with Crippen LogP contribution in [0.15, 0.2) is 48.9 Å². The molecule has 2 aliphatic rings. The van der Waals surface area contributed by atoms with Crippen LogP contribution in [0.2, 0.25) is 0 Å². The molecule has 33 heavy (non-hydrogen) atoms. The second-order valence-electron chi connectivity index (χ2n) is 10.9. The predicted octanol–water partition coefficient (Wildman–Crippen LogP) is 6.73. The van der Waals surface area contributed by atoms with Gasteiger partial charge >= 0.3 is 0 Å². The van der Waals surface area contributed by atoms with Crippen molar-refractivity contribution in [1.82, 2.24) is 9.38 Å². The maximum Gasteiger partial charge on any atom is 0.224 e. The fraction of sp³-hybridized carbons (Fsp3) is 0.333. The van der Waals surface area contributed by atoms with E-state index >= 15 is 0 Å². The standard InChI is InChI=1S/C30H28N3/c1-16-10-23-24-15-31-8-6-25(24)33-26-14-21(22-12-18-4-5-19(22)11-18)13-20-7-9-32(3)30(28(20)26)27(17(16)2)29(23)33/h6-10,13-15,18-19,22H,4-5,11-12H2,1-3H3/q+1. The minimum absolute atomic E-state index is 0.724. The number of benzene rings is 2. The minimum atomic E-state index is 0.724. The molecule has 2 aliphatic carbocycles. The summed E-state index contributed by atoms with van der Waals surface area (Å²) in [6.45, 7) is 4.54. The molecule has 0 amide bonds. The highest BCUT2D eigenvalue weighted by Gasteiger charge is 2.40. The normalized spacial score (nSPS) is 22.8. The number of hydrogen-bond donors (Lipinski definition) is 0. The van der Waals surface area contributed by atoms with Crippen molar-refractivity contribution in [2.45, 2.75) is 45.4 Å². The van der Waals surface area contributed by atoms with Crippen molar-refractivity contribution in [3.8, 4) is 0 Å². The van der Waals surface area contributed by atoms with E-state index in [0.29, 0.717) is 0 Å². The van der Waals surface area contributed by atoms with Gasteiger partial charge in [-0.05, 0) is 91.1 Å². The Morgan fingerprint density at radius 2 is 1.88 bits per heavy atom. The number of rotatable bonds is 1. The summed E-state index contributed by atoms with van der Waals surface area (Å²) in [6, 6.07) is 12.0. The molecule has 0 radical (unpaired) electrons. The summed E-state index contributed by atoms with van der Waals surface area (Å²) in [4.78, 5) is 4.52. The summed E-state index contributed by atoms with van der Waals surface area (Å²) in [7, 11) is 2.20. The summed E-state index contributed by atoms with van der Waals surface area (Å²) in [5.74, 6) is 2.56. The lowest BCUT2D eigenvalue weighted by Gasteiger charge is -2.23. The van der Waals surface area contributed by atoms with Crippen LogP contribution in [0.5, 0.6) is 0 Å². The lowest BCUT2D eigenvalue weighted by atomic mass is 9.82. The molecule has 8 rings (SSSR count). The summed E-state index contributed by atoms with van der Waals surface area (Å²) in [6.07, 6.45) is 12.0. The number of pyridine rings is 3. The van der Waals surface area contributed by atoms with Crippen molar-refractivity contribution in [2.24, 2.45) is 18.9 Å². The van der Waals surface area contributed by atoms with Crippen molar-refractivity contribution < 1.29 is 4.57 Å². The molecule has 2 fully saturated rings. The van der Waals surface area contributed by atoms with E-state index in [-0.39, 0.29) is 0 Å². The molecule has 162 valence electrons. The highest BCUT2D eigenvalue weighted by molar-refractivity contribution is 6.26. The third-order valence-corrected chi connectivity index (χ3v) is 9.25. The number of aromatic nitrogens is 3. The molecule has 6 aromatic rings. The van der Waals surface area contributed by atoms with Gasteiger partial charge in [-0.1, -0.05) is 12.5 Å². The van der Waals surface area contributed by atoms with Crippen molar-refractivity contribution >= 4 is 49.0 Å². The zero-order valence-electron chi connectivity index (χ0n) is 19.5. The number of aryl methyl sites for hydroxylation is 3. The van der Waals surface area contributed by atoms with E-state index in [1.54, 1.807) is 5.56 Å². The Morgan fingerprint density at radius 1 is 0.970 bits per heavy atom. The van der Waals surface area contributed by atoms with Crippen molar-refractivity contribution in [2.75, 3.05) is 0 Å². The molecule has 3 nitrogen and oxygen atoms in total. The van der Waals surface area contributed by atoms with Gasteiger partial charge in [0.15, 0.2) is 6.20 Å². The average molecular weight is 431 g/mol. The van der Waals surface area contributed by atoms with Gasteiger partial charge in [0, 0.05) is 29.2 Å². The van der Waals surface area contributed by atoms with E-state index in [1.165, 1.54) is 85.8 Å². The van der Waals surface area contributed by atoms with Crippen LogP contribution in [0.25, 0.3) is 49.0 Å². The van der Waals surface area contributed by atoms with Gasteiger partial charge in [0.1, 0.15) is 7.05 Å². The van der Waals surface area contributed by atoms with Gasteiger partial charge in [-0.2, -0.15) is 0 Å². The fourth-order valence-electron chi connectivity index (χ4n) is 7.64. The highest BCUT2D eigenvalue weighted by Crippen LogP contribution is 2.53. The molecule has 0 N–H and O–H groups in total. The zero-order chi connectivity index (χ0) is 22.0. The lowest BCUT2D eigenvalue weighted by molar-refractivity contribution is -0.643. The first kappa shape index (κ1) is 18.3. The van der Waals surface area contributed by atoms with Crippen LogP contribution in [-0.2, 0) is 7.05 Å². The Morgan fingerprint density at radius 3 is 2.70 bits per heavy atom. The topological polar surface area (TPSA) is 21.2 Å². The molecular formula is C30H28N3+. The summed E-state index contributed by atoms with van der Waals surface area (Å²) < 4.78 is 4.89. The van der Waals surface area contributed by atoms with Crippen LogP contribution < -0.4 is 4.57 Å². The summed E-state index contributed by atoms with van der Waals surface area (Å²) >= 11 is 0. The first-order valence-electron chi connectivity index (χ1n) is 12.5. The largest absolute Gasteiger partial charge is 0.307 e. The van der Waals surface area contributed by atoms with Gasteiger partial charge in [0.2, 0.25) is 5.52 Å². The Hall–Kier alpha value is -3.20. The summed E-state index contributed by atoms with van der Waals surface area (Å²) in [5.41, 5.74) is 9.62. The molecular weight excluding hydrogens is 402 g/mol. The molecule has 2 bridgehead atoms. The van der Waals surface area contributed by atoms with Crippen LogP contribution in [-0.4, -0.2) is 9.38 Å². The first-order chi connectivity index (χ1) is 16.1. The number of nitrogens with zero attached hydrogens (tertiary/aromatic N) is 3.